The Hall–Kier alpha value is -1.17. The molecule has 1 heterocycles. The SMILES string of the molecule is CN(Cc1csc(Br)c1)CC(C(=O)O)c1ccccc1. The van der Waals surface area contributed by atoms with Crippen LogP contribution in [-0.2, 0) is 11.3 Å². The van der Waals surface area contributed by atoms with Crippen LogP contribution >= 0.6 is 27.3 Å². The number of carboxylic acids is 1. The molecule has 106 valence electrons. The molecular formula is C15H16BrNO2S. The molecule has 0 saturated carbocycles. The summed E-state index contributed by atoms with van der Waals surface area (Å²) in [4.78, 5) is 13.5. The van der Waals surface area contributed by atoms with Gasteiger partial charge in [0.1, 0.15) is 0 Å². The molecule has 0 bridgehead atoms. The molecule has 0 aliphatic heterocycles. The number of likely N-dealkylation sites (N-methyl/N-ethyl adjacent to an activating group) is 1. The van der Waals surface area contributed by atoms with Gasteiger partial charge in [0.25, 0.3) is 0 Å². The number of benzene rings is 1. The van der Waals surface area contributed by atoms with Gasteiger partial charge in [0.05, 0.1) is 9.70 Å². The number of carboxylic acid groups (broad SMARTS) is 1. The summed E-state index contributed by atoms with van der Waals surface area (Å²) in [5, 5.41) is 11.5. The summed E-state index contributed by atoms with van der Waals surface area (Å²) in [6.07, 6.45) is 0. The van der Waals surface area contributed by atoms with Gasteiger partial charge in [-0.1, -0.05) is 30.3 Å². The van der Waals surface area contributed by atoms with E-state index in [1.54, 1.807) is 11.3 Å². The van der Waals surface area contributed by atoms with Gasteiger partial charge in [-0.05, 0) is 45.6 Å². The van der Waals surface area contributed by atoms with Crippen molar-refractivity contribution >= 4 is 33.2 Å². The second-order valence-electron chi connectivity index (χ2n) is 4.76. The molecule has 2 aromatic rings. The van der Waals surface area contributed by atoms with Gasteiger partial charge < -0.3 is 10.0 Å². The molecule has 0 fully saturated rings. The van der Waals surface area contributed by atoms with E-state index in [0.717, 1.165) is 15.9 Å². The number of hydrogen-bond donors (Lipinski definition) is 1. The Bertz CT molecular complexity index is 570. The fourth-order valence-electron chi connectivity index (χ4n) is 2.13. The van der Waals surface area contributed by atoms with Crippen molar-refractivity contribution in [2.75, 3.05) is 13.6 Å². The van der Waals surface area contributed by atoms with Gasteiger partial charge in [-0.15, -0.1) is 11.3 Å². The summed E-state index contributed by atoms with van der Waals surface area (Å²) < 4.78 is 1.10. The van der Waals surface area contributed by atoms with E-state index in [1.165, 1.54) is 5.56 Å². The zero-order valence-corrected chi connectivity index (χ0v) is 13.5. The first-order chi connectivity index (χ1) is 9.56. The van der Waals surface area contributed by atoms with E-state index in [4.69, 9.17) is 0 Å². The van der Waals surface area contributed by atoms with Gasteiger partial charge in [0.2, 0.25) is 0 Å². The molecule has 1 aromatic heterocycles. The maximum atomic E-state index is 11.5. The quantitative estimate of drug-likeness (QED) is 0.858. The van der Waals surface area contributed by atoms with Gasteiger partial charge in [-0.25, -0.2) is 0 Å². The van der Waals surface area contributed by atoms with Gasteiger partial charge >= 0.3 is 5.97 Å². The summed E-state index contributed by atoms with van der Waals surface area (Å²) in [5.74, 6) is -1.28. The lowest BCUT2D eigenvalue weighted by Crippen LogP contribution is -2.28. The minimum atomic E-state index is -0.783. The molecule has 1 N–H and O–H groups in total. The topological polar surface area (TPSA) is 40.5 Å². The third kappa shape index (κ3) is 4.16. The first-order valence-corrected chi connectivity index (χ1v) is 7.92. The smallest absolute Gasteiger partial charge is 0.312 e. The minimum Gasteiger partial charge on any atom is -0.481 e. The molecular weight excluding hydrogens is 338 g/mol. The van der Waals surface area contributed by atoms with E-state index in [9.17, 15) is 9.90 Å². The second kappa shape index (κ2) is 7.02. The first-order valence-electron chi connectivity index (χ1n) is 6.25. The largest absolute Gasteiger partial charge is 0.481 e. The Labute approximate surface area is 131 Å². The molecule has 1 unspecified atom stereocenters. The van der Waals surface area contributed by atoms with Crippen LogP contribution in [0.15, 0.2) is 45.6 Å². The molecule has 1 atom stereocenters. The van der Waals surface area contributed by atoms with Crippen molar-refractivity contribution in [3.05, 3.63) is 56.7 Å². The number of carbonyl (C=O) groups is 1. The van der Waals surface area contributed by atoms with Crippen molar-refractivity contribution in [2.24, 2.45) is 0 Å². The highest BCUT2D eigenvalue weighted by atomic mass is 79.9. The normalized spacial score (nSPS) is 12.6. The van der Waals surface area contributed by atoms with Crippen molar-refractivity contribution in [3.63, 3.8) is 0 Å². The summed E-state index contributed by atoms with van der Waals surface area (Å²) in [7, 11) is 1.95. The molecule has 1 aromatic carbocycles. The summed E-state index contributed by atoms with van der Waals surface area (Å²) in [6, 6.07) is 11.5. The number of halogens is 1. The monoisotopic (exact) mass is 353 g/mol. The highest BCUT2D eigenvalue weighted by Gasteiger charge is 2.21. The van der Waals surface area contributed by atoms with Crippen LogP contribution < -0.4 is 0 Å². The molecule has 0 radical (unpaired) electrons. The average molecular weight is 354 g/mol. The first kappa shape index (κ1) is 15.2. The van der Waals surface area contributed by atoms with E-state index < -0.39 is 11.9 Å². The molecule has 0 aliphatic rings. The Kier molecular flexibility index (Phi) is 5.34. The van der Waals surface area contributed by atoms with Crippen LogP contribution in [0.2, 0.25) is 0 Å². The molecule has 0 spiro atoms. The van der Waals surface area contributed by atoms with Crippen molar-refractivity contribution < 1.29 is 9.90 Å². The average Bonchev–Trinajstić information content (AvgIpc) is 2.82. The lowest BCUT2D eigenvalue weighted by atomic mass is 9.99. The Morgan fingerprint density at radius 2 is 2.10 bits per heavy atom. The van der Waals surface area contributed by atoms with Crippen LogP contribution in [0.4, 0.5) is 0 Å². The lowest BCUT2D eigenvalue weighted by Gasteiger charge is -2.21. The predicted octanol–water partition coefficient (Wildman–Crippen LogP) is 3.81. The maximum Gasteiger partial charge on any atom is 0.312 e. The van der Waals surface area contributed by atoms with E-state index in [0.29, 0.717) is 6.54 Å². The summed E-state index contributed by atoms with van der Waals surface area (Å²) >= 11 is 5.08. The predicted molar refractivity (Wildman–Crippen MR) is 85.2 cm³/mol. The molecule has 5 heteroatoms. The van der Waals surface area contributed by atoms with E-state index in [1.807, 2.05) is 42.3 Å². The Morgan fingerprint density at radius 1 is 1.40 bits per heavy atom. The molecule has 20 heavy (non-hydrogen) atoms. The van der Waals surface area contributed by atoms with Gasteiger partial charge in [0.15, 0.2) is 0 Å². The zero-order chi connectivity index (χ0) is 14.5. The van der Waals surface area contributed by atoms with E-state index in [2.05, 4.69) is 27.4 Å². The van der Waals surface area contributed by atoms with Crippen molar-refractivity contribution in [2.45, 2.75) is 12.5 Å². The lowest BCUT2D eigenvalue weighted by molar-refractivity contribution is -0.139. The fraction of sp³-hybridized carbons (Fsp3) is 0.267. The number of aliphatic carboxylic acids is 1. The number of hydrogen-bond acceptors (Lipinski definition) is 3. The molecule has 3 nitrogen and oxygen atoms in total. The van der Waals surface area contributed by atoms with Gasteiger partial charge in [-0.2, -0.15) is 0 Å². The third-order valence-corrected chi connectivity index (χ3v) is 4.62. The minimum absolute atomic E-state index is 0.493. The van der Waals surface area contributed by atoms with E-state index >= 15 is 0 Å². The van der Waals surface area contributed by atoms with Crippen LogP contribution in [0.3, 0.4) is 0 Å². The Balaban J connectivity index is 2.03. The van der Waals surface area contributed by atoms with Crippen LogP contribution in [0, 0.1) is 0 Å². The van der Waals surface area contributed by atoms with E-state index in [-0.39, 0.29) is 0 Å². The number of thiophene rings is 1. The van der Waals surface area contributed by atoms with Crippen molar-refractivity contribution in [1.29, 1.82) is 0 Å². The molecule has 0 aliphatic carbocycles. The highest BCUT2D eigenvalue weighted by Crippen LogP contribution is 2.23. The van der Waals surface area contributed by atoms with Gasteiger partial charge in [0, 0.05) is 13.1 Å². The fourth-order valence-corrected chi connectivity index (χ4v) is 3.33. The van der Waals surface area contributed by atoms with Gasteiger partial charge in [-0.3, -0.25) is 4.79 Å². The highest BCUT2D eigenvalue weighted by molar-refractivity contribution is 9.11. The standard InChI is InChI=1S/C15H16BrNO2S/c1-17(8-11-7-14(16)20-10-11)9-13(15(18)19)12-5-3-2-4-6-12/h2-7,10,13H,8-9H2,1H3,(H,18,19). The van der Waals surface area contributed by atoms with Crippen LogP contribution in [0.25, 0.3) is 0 Å². The summed E-state index contributed by atoms with van der Waals surface area (Å²) in [5.41, 5.74) is 2.04. The zero-order valence-electron chi connectivity index (χ0n) is 11.1. The number of rotatable bonds is 6. The van der Waals surface area contributed by atoms with Crippen molar-refractivity contribution in [3.8, 4) is 0 Å². The molecule has 2 rings (SSSR count). The molecule has 0 amide bonds. The van der Waals surface area contributed by atoms with Crippen LogP contribution in [0.1, 0.15) is 17.0 Å². The van der Waals surface area contributed by atoms with Crippen molar-refractivity contribution in [1.82, 2.24) is 4.90 Å². The van der Waals surface area contributed by atoms with Crippen LogP contribution in [0.5, 0.6) is 0 Å². The number of nitrogens with zero attached hydrogens (tertiary/aromatic N) is 1. The molecule has 0 saturated heterocycles. The second-order valence-corrected chi connectivity index (χ2v) is 7.05. The third-order valence-electron chi connectivity index (χ3n) is 3.07. The van der Waals surface area contributed by atoms with Crippen LogP contribution in [-0.4, -0.2) is 29.6 Å². The summed E-state index contributed by atoms with van der Waals surface area (Å²) in [6.45, 7) is 1.24. The maximum absolute atomic E-state index is 11.5. The Morgan fingerprint density at radius 3 is 2.65 bits per heavy atom.